The molecule has 0 aliphatic carbocycles. The Labute approximate surface area is 131 Å². The van der Waals surface area contributed by atoms with Crippen LogP contribution in [0.25, 0.3) is 0 Å². The van der Waals surface area contributed by atoms with Gasteiger partial charge in [-0.05, 0) is 41.9 Å². The summed E-state index contributed by atoms with van der Waals surface area (Å²) >= 11 is 5.45. The highest BCUT2D eigenvalue weighted by molar-refractivity contribution is 9.10. The van der Waals surface area contributed by atoms with E-state index in [1.165, 1.54) is 65.6 Å². The van der Waals surface area contributed by atoms with E-state index in [0.29, 0.717) is 0 Å². The van der Waals surface area contributed by atoms with Gasteiger partial charge in [-0.15, -0.1) is 11.3 Å². The van der Waals surface area contributed by atoms with Crippen molar-refractivity contribution >= 4 is 27.3 Å². The van der Waals surface area contributed by atoms with Crippen LogP contribution in [-0.2, 0) is 6.54 Å². The van der Waals surface area contributed by atoms with Crippen molar-refractivity contribution in [2.75, 3.05) is 6.54 Å². The number of halogens is 1. The monoisotopic (exact) mass is 345 g/mol. The first-order chi connectivity index (χ1) is 9.24. The summed E-state index contributed by atoms with van der Waals surface area (Å²) in [4.78, 5) is 2.81. The van der Waals surface area contributed by atoms with Crippen LogP contribution >= 0.6 is 27.3 Å². The van der Waals surface area contributed by atoms with Crippen LogP contribution in [0.4, 0.5) is 0 Å². The number of nitrogens with one attached hydrogen (secondary N) is 1. The zero-order chi connectivity index (χ0) is 13.9. The highest BCUT2D eigenvalue weighted by atomic mass is 79.9. The lowest BCUT2D eigenvalue weighted by molar-refractivity contribution is 0.556. The number of unbranched alkanes of at least 4 members (excludes halogenated alkanes) is 7. The molecule has 0 radical (unpaired) electrons. The second-order valence-electron chi connectivity index (χ2n) is 5.27. The molecule has 0 atom stereocenters. The molecule has 1 aromatic heterocycles. The summed E-state index contributed by atoms with van der Waals surface area (Å²) in [6.07, 6.45) is 11.2. The number of rotatable bonds is 11. The van der Waals surface area contributed by atoms with Crippen molar-refractivity contribution < 1.29 is 0 Å². The predicted octanol–water partition coefficient (Wildman–Crippen LogP) is 6.05. The second kappa shape index (κ2) is 10.9. The van der Waals surface area contributed by atoms with Crippen LogP contribution in [-0.4, -0.2) is 6.54 Å². The van der Waals surface area contributed by atoms with E-state index in [2.05, 4.69) is 41.2 Å². The van der Waals surface area contributed by atoms with Crippen molar-refractivity contribution in [3.05, 3.63) is 20.3 Å². The Balaban J connectivity index is 1.88. The van der Waals surface area contributed by atoms with Crippen molar-refractivity contribution in [2.24, 2.45) is 0 Å². The van der Waals surface area contributed by atoms with Gasteiger partial charge in [-0.25, -0.2) is 0 Å². The van der Waals surface area contributed by atoms with Gasteiger partial charge in [0.25, 0.3) is 0 Å². The molecule has 1 aromatic rings. The first-order valence-electron chi connectivity index (χ1n) is 7.69. The van der Waals surface area contributed by atoms with E-state index in [1.807, 2.05) is 11.3 Å². The smallest absolute Gasteiger partial charge is 0.0314 e. The molecule has 0 spiro atoms. The molecule has 0 aromatic carbocycles. The second-order valence-corrected chi connectivity index (χ2v) is 7.46. The lowest BCUT2D eigenvalue weighted by Crippen LogP contribution is -2.13. The van der Waals surface area contributed by atoms with E-state index >= 15 is 0 Å². The van der Waals surface area contributed by atoms with Crippen molar-refractivity contribution in [2.45, 2.75) is 71.8 Å². The van der Waals surface area contributed by atoms with Gasteiger partial charge in [-0.2, -0.15) is 0 Å². The average molecular weight is 346 g/mol. The molecule has 0 bridgehead atoms. The van der Waals surface area contributed by atoms with Crippen molar-refractivity contribution in [3.8, 4) is 0 Å². The maximum Gasteiger partial charge on any atom is 0.0314 e. The van der Waals surface area contributed by atoms with Gasteiger partial charge in [-0.3, -0.25) is 0 Å². The fourth-order valence-corrected chi connectivity index (χ4v) is 3.77. The van der Waals surface area contributed by atoms with Crippen LogP contribution in [0, 0.1) is 6.92 Å². The zero-order valence-electron chi connectivity index (χ0n) is 12.4. The molecule has 0 aliphatic heterocycles. The Morgan fingerprint density at radius 3 is 2.26 bits per heavy atom. The van der Waals surface area contributed by atoms with Gasteiger partial charge >= 0.3 is 0 Å². The molecule has 0 unspecified atom stereocenters. The number of aryl methyl sites for hydroxylation is 1. The van der Waals surface area contributed by atoms with Gasteiger partial charge in [0, 0.05) is 20.8 Å². The van der Waals surface area contributed by atoms with Gasteiger partial charge in [0.05, 0.1) is 0 Å². The molecule has 0 aliphatic rings. The molecule has 1 N–H and O–H groups in total. The van der Waals surface area contributed by atoms with Gasteiger partial charge in [-0.1, -0.05) is 51.9 Å². The first-order valence-corrected chi connectivity index (χ1v) is 9.30. The van der Waals surface area contributed by atoms with Crippen LogP contribution in [0.15, 0.2) is 10.5 Å². The Morgan fingerprint density at radius 2 is 1.68 bits per heavy atom. The Morgan fingerprint density at radius 1 is 1.05 bits per heavy atom. The standard InChI is InChI=1S/C16H28BrNS/c1-3-4-5-6-7-8-9-10-11-18-13-15-12-16(17)14(2)19-15/h12,18H,3-11,13H2,1-2H3. The normalized spacial score (nSPS) is 11.1. The molecule has 1 heterocycles. The third-order valence-electron chi connectivity index (χ3n) is 3.41. The summed E-state index contributed by atoms with van der Waals surface area (Å²) in [7, 11) is 0. The Hall–Kier alpha value is 0.140. The molecule has 1 nitrogen and oxygen atoms in total. The molecular weight excluding hydrogens is 318 g/mol. The summed E-state index contributed by atoms with van der Waals surface area (Å²) in [5.41, 5.74) is 0. The molecule has 3 heteroatoms. The molecule has 110 valence electrons. The van der Waals surface area contributed by atoms with E-state index in [1.54, 1.807) is 0 Å². The van der Waals surface area contributed by atoms with E-state index in [0.717, 1.165) is 13.1 Å². The maximum absolute atomic E-state index is 3.57. The minimum atomic E-state index is 1.02. The Kier molecular flexibility index (Phi) is 9.84. The topological polar surface area (TPSA) is 12.0 Å². The maximum atomic E-state index is 3.57. The molecule has 0 amide bonds. The number of hydrogen-bond donors (Lipinski definition) is 1. The van der Waals surface area contributed by atoms with E-state index < -0.39 is 0 Å². The summed E-state index contributed by atoms with van der Waals surface area (Å²) in [6.45, 7) is 6.62. The van der Waals surface area contributed by atoms with E-state index in [9.17, 15) is 0 Å². The summed E-state index contributed by atoms with van der Waals surface area (Å²) in [5, 5.41) is 3.54. The lowest BCUT2D eigenvalue weighted by atomic mass is 10.1. The van der Waals surface area contributed by atoms with Crippen LogP contribution in [0.1, 0.15) is 68.0 Å². The summed E-state index contributed by atoms with van der Waals surface area (Å²) < 4.78 is 1.25. The minimum Gasteiger partial charge on any atom is -0.312 e. The van der Waals surface area contributed by atoms with E-state index in [-0.39, 0.29) is 0 Å². The number of hydrogen-bond acceptors (Lipinski definition) is 2. The van der Waals surface area contributed by atoms with Crippen LogP contribution in [0.2, 0.25) is 0 Å². The van der Waals surface area contributed by atoms with Crippen molar-refractivity contribution in [1.29, 1.82) is 0 Å². The zero-order valence-corrected chi connectivity index (χ0v) is 14.8. The molecule has 1 rings (SSSR count). The van der Waals surface area contributed by atoms with Crippen molar-refractivity contribution in [1.82, 2.24) is 5.32 Å². The highest BCUT2D eigenvalue weighted by Gasteiger charge is 2.01. The quantitative estimate of drug-likeness (QED) is 0.481. The molecule has 0 saturated carbocycles. The van der Waals surface area contributed by atoms with Crippen LogP contribution < -0.4 is 5.32 Å². The van der Waals surface area contributed by atoms with Gasteiger partial charge in [0.2, 0.25) is 0 Å². The highest BCUT2D eigenvalue weighted by Crippen LogP contribution is 2.26. The lowest BCUT2D eigenvalue weighted by Gasteiger charge is -2.03. The van der Waals surface area contributed by atoms with Crippen LogP contribution in [0.5, 0.6) is 0 Å². The SMILES string of the molecule is CCCCCCCCCCNCc1cc(Br)c(C)s1. The van der Waals surface area contributed by atoms with Crippen molar-refractivity contribution in [3.63, 3.8) is 0 Å². The van der Waals surface area contributed by atoms with Gasteiger partial charge in [0.15, 0.2) is 0 Å². The minimum absolute atomic E-state index is 1.02. The third-order valence-corrected chi connectivity index (χ3v) is 5.55. The van der Waals surface area contributed by atoms with Crippen LogP contribution in [0.3, 0.4) is 0 Å². The molecule has 0 fully saturated rings. The molecular formula is C16H28BrNS. The van der Waals surface area contributed by atoms with E-state index in [4.69, 9.17) is 0 Å². The van der Waals surface area contributed by atoms with Gasteiger partial charge < -0.3 is 5.32 Å². The summed E-state index contributed by atoms with van der Waals surface area (Å²) in [5.74, 6) is 0. The fourth-order valence-electron chi connectivity index (χ4n) is 2.20. The molecule has 19 heavy (non-hydrogen) atoms. The Bertz CT molecular complexity index is 316. The predicted molar refractivity (Wildman–Crippen MR) is 91.1 cm³/mol. The first kappa shape index (κ1) is 17.2. The summed E-state index contributed by atoms with van der Waals surface area (Å²) in [6, 6.07) is 2.24. The van der Waals surface area contributed by atoms with Gasteiger partial charge in [0.1, 0.15) is 0 Å². The molecule has 0 saturated heterocycles. The third kappa shape index (κ3) is 8.11. The average Bonchev–Trinajstić information content (AvgIpc) is 2.71. The number of thiophene rings is 1. The largest absolute Gasteiger partial charge is 0.312 e. The fraction of sp³-hybridized carbons (Fsp3) is 0.750.